The first-order chi connectivity index (χ1) is 18.4. The molecule has 2 heterocycles. The first-order valence-corrected chi connectivity index (χ1v) is 15.6. The first-order valence-electron chi connectivity index (χ1n) is 15.6. The molecule has 0 aromatic heterocycles. The lowest BCUT2D eigenvalue weighted by Gasteiger charge is -2.50. The molecule has 9 atom stereocenters. The molecule has 5 fully saturated rings. The Kier molecular flexibility index (Phi) is 10.0. The number of carbonyl (C=O) groups is 1. The number of ether oxygens (including phenoxy) is 2. The molecular formula is C30H53N3O5. The number of aliphatic hydroxyl groups excluding tert-OH is 2. The molecule has 38 heavy (non-hydrogen) atoms. The lowest BCUT2D eigenvalue weighted by atomic mass is 9.67. The second kappa shape index (κ2) is 13.3. The fourth-order valence-corrected chi connectivity index (χ4v) is 8.37. The lowest BCUT2D eigenvalue weighted by Crippen LogP contribution is -2.59. The molecule has 3 aliphatic carbocycles. The van der Waals surface area contributed by atoms with E-state index in [-0.39, 0.29) is 12.3 Å². The van der Waals surface area contributed by atoms with E-state index in [0.29, 0.717) is 48.8 Å². The van der Waals surface area contributed by atoms with Gasteiger partial charge in [0.15, 0.2) is 0 Å². The van der Waals surface area contributed by atoms with E-state index in [1.54, 1.807) is 0 Å². The van der Waals surface area contributed by atoms with Crippen molar-refractivity contribution in [1.29, 1.82) is 0 Å². The molecule has 8 nitrogen and oxygen atoms in total. The zero-order valence-electron chi connectivity index (χ0n) is 23.8. The molecule has 8 heteroatoms. The number of nitrogens with one attached hydrogen (secondary N) is 1. The summed E-state index contributed by atoms with van der Waals surface area (Å²) in [6.45, 7) is 4.88. The summed E-state index contributed by atoms with van der Waals surface area (Å²) in [5.41, 5.74) is 0. The quantitative estimate of drug-likeness (QED) is 0.439. The lowest BCUT2D eigenvalue weighted by molar-refractivity contribution is -0.162. The summed E-state index contributed by atoms with van der Waals surface area (Å²) in [6, 6.07) is 0.793. The summed E-state index contributed by atoms with van der Waals surface area (Å²) in [7, 11) is 4.33. The minimum Gasteiger partial charge on any atom is -0.393 e. The molecule has 3 N–H and O–H groups in total. The van der Waals surface area contributed by atoms with Gasteiger partial charge in [0.1, 0.15) is 0 Å². The summed E-state index contributed by atoms with van der Waals surface area (Å²) < 4.78 is 12.0. The van der Waals surface area contributed by atoms with E-state index >= 15 is 0 Å². The van der Waals surface area contributed by atoms with Gasteiger partial charge in [0.2, 0.25) is 5.91 Å². The van der Waals surface area contributed by atoms with Crippen LogP contribution < -0.4 is 5.32 Å². The molecule has 5 rings (SSSR count). The molecule has 2 aliphatic heterocycles. The van der Waals surface area contributed by atoms with Gasteiger partial charge in [-0.05, 0) is 76.3 Å². The Morgan fingerprint density at radius 1 is 1.03 bits per heavy atom. The van der Waals surface area contributed by atoms with E-state index in [1.807, 2.05) is 4.90 Å². The van der Waals surface area contributed by atoms with Crippen LogP contribution in [-0.4, -0.2) is 110 Å². The van der Waals surface area contributed by atoms with Crippen LogP contribution in [0.1, 0.15) is 70.6 Å². The van der Waals surface area contributed by atoms with Crippen LogP contribution in [0.4, 0.5) is 0 Å². The molecule has 8 unspecified atom stereocenters. The molecule has 0 aromatic rings. The van der Waals surface area contributed by atoms with Crippen molar-refractivity contribution < 1.29 is 24.5 Å². The van der Waals surface area contributed by atoms with Gasteiger partial charge in [-0.3, -0.25) is 4.79 Å². The fraction of sp³-hybridized carbons (Fsp3) is 0.967. The Hall–Kier alpha value is -0.770. The van der Waals surface area contributed by atoms with Crippen LogP contribution in [0.5, 0.6) is 0 Å². The molecule has 0 spiro atoms. The normalized spacial score (nSPS) is 40.9. The van der Waals surface area contributed by atoms with E-state index in [1.165, 1.54) is 38.5 Å². The van der Waals surface area contributed by atoms with Gasteiger partial charge in [-0.15, -0.1) is 0 Å². The van der Waals surface area contributed by atoms with Gasteiger partial charge < -0.3 is 34.8 Å². The van der Waals surface area contributed by atoms with Gasteiger partial charge in [-0.2, -0.15) is 0 Å². The molecule has 1 amide bonds. The minimum atomic E-state index is -0.847. The van der Waals surface area contributed by atoms with E-state index in [2.05, 4.69) is 24.3 Å². The molecule has 3 saturated carbocycles. The van der Waals surface area contributed by atoms with Crippen LogP contribution in [0, 0.1) is 29.6 Å². The van der Waals surface area contributed by atoms with E-state index in [4.69, 9.17) is 9.47 Å². The second-order valence-electron chi connectivity index (χ2n) is 13.5. The molecule has 218 valence electrons. The minimum absolute atomic E-state index is 0.0369. The Bertz CT molecular complexity index is 756. The van der Waals surface area contributed by atoms with Gasteiger partial charge in [0.05, 0.1) is 30.8 Å². The van der Waals surface area contributed by atoms with Crippen molar-refractivity contribution in [3.05, 3.63) is 0 Å². The summed E-state index contributed by atoms with van der Waals surface area (Å²) >= 11 is 0. The van der Waals surface area contributed by atoms with Gasteiger partial charge in [0, 0.05) is 57.8 Å². The number of piperidine rings is 1. The highest BCUT2D eigenvalue weighted by atomic mass is 16.5. The van der Waals surface area contributed by atoms with Crippen molar-refractivity contribution >= 4 is 5.91 Å². The van der Waals surface area contributed by atoms with Gasteiger partial charge in [-0.1, -0.05) is 19.3 Å². The van der Waals surface area contributed by atoms with Crippen molar-refractivity contribution in [3.63, 3.8) is 0 Å². The Morgan fingerprint density at radius 2 is 1.84 bits per heavy atom. The predicted octanol–water partition coefficient (Wildman–Crippen LogP) is 2.27. The Balaban J connectivity index is 1.25. The number of nitrogens with zero attached hydrogens (tertiary/aromatic N) is 2. The maximum Gasteiger partial charge on any atom is 0.230 e. The molecule has 0 bridgehead atoms. The van der Waals surface area contributed by atoms with Crippen molar-refractivity contribution in [1.82, 2.24) is 15.1 Å². The highest BCUT2D eigenvalue weighted by molar-refractivity contribution is 5.80. The average Bonchev–Trinajstić information content (AvgIpc) is 3.40. The van der Waals surface area contributed by atoms with Crippen molar-refractivity contribution in [3.8, 4) is 0 Å². The topological polar surface area (TPSA) is 94.5 Å². The highest BCUT2D eigenvalue weighted by Crippen LogP contribution is 2.41. The summed E-state index contributed by atoms with van der Waals surface area (Å²) in [6.07, 6.45) is 9.48. The third-order valence-electron chi connectivity index (χ3n) is 10.3. The zero-order valence-corrected chi connectivity index (χ0v) is 23.8. The summed E-state index contributed by atoms with van der Waals surface area (Å²) in [5, 5.41) is 25.4. The van der Waals surface area contributed by atoms with Crippen molar-refractivity contribution in [2.75, 3.05) is 53.6 Å². The van der Waals surface area contributed by atoms with Crippen LogP contribution in [0.25, 0.3) is 0 Å². The number of rotatable bonds is 8. The van der Waals surface area contributed by atoms with Gasteiger partial charge in [-0.25, -0.2) is 0 Å². The standard InChI is InChI=1S/C30H53N3O5/c1-32(2)16-21-12-22-8-10-33(17-25(22)26(13-21)31-23-9-11-37-19-23)30(36)29-27(35)14-24(34)15-28(29)38-18-20-6-4-3-5-7-20/h20-29,31,34-35H,3-19H2,1-2H3/t21?,22?,23-,24?,25?,26?,27?,28?,29?/m0/s1. The molecule has 2 saturated heterocycles. The number of amides is 1. The van der Waals surface area contributed by atoms with Crippen LogP contribution in [0.2, 0.25) is 0 Å². The van der Waals surface area contributed by atoms with Crippen molar-refractivity contribution in [2.45, 2.75) is 101 Å². The van der Waals surface area contributed by atoms with Crippen LogP contribution in [0.3, 0.4) is 0 Å². The summed E-state index contributed by atoms with van der Waals surface area (Å²) in [4.78, 5) is 18.4. The van der Waals surface area contributed by atoms with Crippen molar-refractivity contribution in [2.24, 2.45) is 29.6 Å². The second-order valence-corrected chi connectivity index (χ2v) is 13.5. The maximum absolute atomic E-state index is 14.0. The third-order valence-corrected chi connectivity index (χ3v) is 10.3. The van der Waals surface area contributed by atoms with E-state index in [0.717, 1.165) is 52.1 Å². The average molecular weight is 536 g/mol. The van der Waals surface area contributed by atoms with Gasteiger partial charge in [0.25, 0.3) is 0 Å². The zero-order chi connectivity index (χ0) is 26.6. The summed E-state index contributed by atoms with van der Waals surface area (Å²) in [5.74, 6) is 1.73. The molecule has 5 aliphatic rings. The molecule has 0 radical (unpaired) electrons. The molecular weight excluding hydrogens is 482 g/mol. The van der Waals surface area contributed by atoms with Crippen LogP contribution >= 0.6 is 0 Å². The fourth-order valence-electron chi connectivity index (χ4n) is 8.37. The number of aliphatic hydroxyl groups is 2. The number of hydrogen-bond acceptors (Lipinski definition) is 7. The van der Waals surface area contributed by atoms with Crippen LogP contribution in [0.15, 0.2) is 0 Å². The highest BCUT2D eigenvalue weighted by Gasteiger charge is 2.47. The largest absolute Gasteiger partial charge is 0.393 e. The number of carbonyl (C=O) groups excluding carboxylic acids is 1. The Labute approximate surface area is 229 Å². The number of hydrogen-bond donors (Lipinski definition) is 3. The van der Waals surface area contributed by atoms with E-state index in [9.17, 15) is 15.0 Å². The Morgan fingerprint density at radius 3 is 2.58 bits per heavy atom. The maximum atomic E-state index is 14.0. The smallest absolute Gasteiger partial charge is 0.230 e. The first kappa shape index (κ1) is 28.7. The molecule has 0 aromatic carbocycles. The number of fused-ring (bicyclic) bond motifs is 1. The third kappa shape index (κ3) is 7.10. The van der Waals surface area contributed by atoms with Crippen LogP contribution in [-0.2, 0) is 14.3 Å². The van der Waals surface area contributed by atoms with Gasteiger partial charge >= 0.3 is 0 Å². The monoisotopic (exact) mass is 535 g/mol. The number of likely N-dealkylation sites (tertiary alicyclic amines) is 1. The SMILES string of the molecule is CN(C)CC1CC2CCN(C(=O)C3C(O)CC(O)CC3OCC3CCCCC3)CC2C(N[C@H]2CCOC2)C1. The predicted molar refractivity (Wildman–Crippen MR) is 147 cm³/mol. The van der Waals surface area contributed by atoms with E-state index < -0.39 is 24.2 Å².